The molecule has 2 fully saturated rings. The van der Waals surface area contributed by atoms with Crippen molar-refractivity contribution in [1.82, 2.24) is 25.2 Å². The summed E-state index contributed by atoms with van der Waals surface area (Å²) in [6.07, 6.45) is 2.98. The molecule has 1 aromatic carbocycles. The minimum atomic E-state index is -0.000680. The van der Waals surface area contributed by atoms with E-state index in [1.54, 1.807) is 7.11 Å². The SMILES string of the molecule is COc1ccc(N2CCCN(C(=O)c3nnn(C4CCNCC4)c3C)CC2)cc1. The molecule has 0 saturated carbocycles. The summed E-state index contributed by atoms with van der Waals surface area (Å²) in [5, 5.41) is 12.0. The average molecular weight is 399 g/mol. The molecule has 3 heterocycles. The number of piperidine rings is 1. The number of nitrogens with zero attached hydrogens (tertiary/aromatic N) is 5. The third kappa shape index (κ3) is 4.22. The van der Waals surface area contributed by atoms with Gasteiger partial charge in [0, 0.05) is 31.9 Å². The van der Waals surface area contributed by atoms with Crippen LogP contribution in [0.3, 0.4) is 0 Å². The maximum absolute atomic E-state index is 13.2. The highest BCUT2D eigenvalue weighted by atomic mass is 16.5. The Morgan fingerprint density at radius 2 is 1.86 bits per heavy atom. The molecule has 0 unspecified atom stereocenters. The normalized spacial score (nSPS) is 18.6. The summed E-state index contributed by atoms with van der Waals surface area (Å²) in [6, 6.07) is 8.44. The van der Waals surface area contributed by atoms with E-state index in [1.165, 1.54) is 0 Å². The molecule has 2 aromatic rings. The van der Waals surface area contributed by atoms with E-state index in [4.69, 9.17) is 4.74 Å². The lowest BCUT2D eigenvalue weighted by Crippen LogP contribution is -2.36. The fourth-order valence-corrected chi connectivity index (χ4v) is 4.26. The minimum Gasteiger partial charge on any atom is -0.497 e. The highest BCUT2D eigenvalue weighted by molar-refractivity contribution is 5.93. The lowest BCUT2D eigenvalue weighted by Gasteiger charge is -2.24. The number of ether oxygens (including phenoxy) is 1. The van der Waals surface area contributed by atoms with Crippen LogP contribution in [-0.4, -0.2) is 72.2 Å². The molecule has 0 aliphatic carbocycles. The summed E-state index contributed by atoms with van der Waals surface area (Å²) in [4.78, 5) is 17.4. The summed E-state index contributed by atoms with van der Waals surface area (Å²) in [7, 11) is 1.67. The van der Waals surface area contributed by atoms with Crippen molar-refractivity contribution in [3.05, 3.63) is 35.7 Å². The molecule has 0 bridgehead atoms. The van der Waals surface area contributed by atoms with Crippen LogP contribution in [0.2, 0.25) is 0 Å². The van der Waals surface area contributed by atoms with Crippen molar-refractivity contribution in [2.75, 3.05) is 51.3 Å². The third-order valence-corrected chi connectivity index (χ3v) is 6.01. The van der Waals surface area contributed by atoms with Gasteiger partial charge in [-0.25, -0.2) is 4.68 Å². The van der Waals surface area contributed by atoms with E-state index in [-0.39, 0.29) is 5.91 Å². The Bertz CT molecular complexity index is 828. The number of carbonyl (C=O) groups excluding carboxylic acids is 1. The molecule has 156 valence electrons. The number of rotatable bonds is 4. The van der Waals surface area contributed by atoms with Crippen LogP contribution in [0.15, 0.2) is 24.3 Å². The number of hydrogen-bond acceptors (Lipinski definition) is 6. The van der Waals surface area contributed by atoms with Gasteiger partial charge in [0.15, 0.2) is 5.69 Å². The number of carbonyl (C=O) groups is 1. The summed E-state index contributed by atoms with van der Waals surface area (Å²) < 4.78 is 7.20. The Morgan fingerprint density at radius 3 is 2.59 bits per heavy atom. The second kappa shape index (κ2) is 8.82. The predicted octanol–water partition coefficient (Wildman–Crippen LogP) is 1.87. The first kappa shape index (κ1) is 19.7. The molecular formula is C21H30N6O2. The van der Waals surface area contributed by atoms with Crippen LogP contribution in [0.4, 0.5) is 5.69 Å². The maximum atomic E-state index is 13.2. The fraction of sp³-hybridized carbons (Fsp3) is 0.571. The minimum absolute atomic E-state index is 0.000680. The first-order chi connectivity index (χ1) is 14.2. The van der Waals surface area contributed by atoms with E-state index in [9.17, 15) is 4.79 Å². The van der Waals surface area contributed by atoms with E-state index < -0.39 is 0 Å². The van der Waals surface area contributed by atoms with Gasteiger partial charge in [-0.1, -0.05) is 5.21 Å². The van der Waals surface area contributed by atoms with Gasteiger partial charge in [-0.3, -0.25) is 4.79 Å². The van der Waals surface area contributed by atoms with Gasteiger partial charge in [-0.2, -0.15) is 0 Å². The van der Waals surface area contributed by atoms with Crippen LogP contribution in [0.25, 0.3) is 0 Å². The van der Waals surface area contributed by atoms with E-state index in [0.717, 1.165) is 69.1 Å². The van der Waals surface area contributed by atoms with Gasteiger partial charge in [-0.15, -0.1) is 5.10 Å². The molecule has 0 spiro atoms. The van der Waals surface area contributed by atoms with Gasteiger partial charge in [0.2, 0.25) is 0 Å². The zero-order valence-electron chi connectivity index (χ0n) is 17.3. The van der Waals surface area contributed by atoms with E-state index in [0.29, 0.717) is 18.3 Å². The van der Waals surface area contributed by atoms with E-state index in [1.807, 2.05) is 28.6 Å². The molecule has 8 nitrogen and oxygen atoms in total. The fourth-order valence-electron chi connectivity index (χ4n) is 4.26. The van der Waals surface area contributed by atoms with Gasteiger partial charge in [0.25, 0.3) is 5.91 Å². The Labute approximate surface area is 171 Å². The third-order valence-electron chi connectivity index (χ3n) is 6.01. The van der Waals surface area contributed by atoms with Crippen LogP contribution in [0.1, 0.15) is 41.5 Å². The van der Waals surface area contributed by atoms with Crippen molar-refractivity contribution >= 4 is 11.6 Å². The molecule has 2 aliphatic heterocycles. The number of amides is 1. The number of nitrogens with one attached hydrogen (secondary N) is 1. The highest BCUT2D eigenvalue weighted by Crippen LogP contribution is 2.23. The van der Waals surface area contributed by atoms with Gasteiger partial charge in [0.05, 0.1) is 18.8 Å². The number of anilines is 1. The number of hydrogen-bond donors (Lipinski definition) is 1. The van der Waals surface area contributed by atoms with Crippen LogP contribution in [-0.2, 0) is 0 Å². The molecule has 4 rings (SSSR count). The Hall–Kier alpha value is -2.61. The molecule has 8 heteroatoms. The van der Waals surface area contributed by atoms with E-state index in [2.05, 4.69) is 32.7 Å². The Balaban J connectivity index is 1.42. The largest absolute Gasteiger partial charge is 0.497 e. The molecule has 29 heavy (non-hydrogen) atoms. The lowest BCUT2D eigenvalue weighted by atomic mass is 10.1. The molecule has 1 N–H and O–H groups in total. The van der Waals surface area contributed by atoms with Crippen molar-refractivity contribution in [2.24, 2.45) is 0 Å². The summed E-state index contributed by atoms with van der Waals surface area (Å²) in [6.45, 7) is 7.10. The molecular weight excluding hydrogens is 368 g/mol. The quantitative estimate of drug-likeness (QED) is 0.848. The van der Waals surface area contributed by atoms with Crippen molar-refractivity contribution in [3.8, 4) is 5.75 Å². The van der Waals surface area contributed by atoms with Crippen molar-refractivity contribution < 1.29 is 9.53 Å². The Morgan fingerprint density at radius 1 is 1.10 bits per heavy atom. The van der Waals surface area contributed by atoms with Gasteiger partial charge < -0.3 is 19.9 Å². The molecule has 1 amide bonds. The van der Waals surface area contributed by atoms with Gasteiger partial charge in [-0.05, 0) is 63.5 Å². The molecule has 0 radical (unpaired) electrons. The molecule has 2 saturated heterocycles. The molecule has 1 aromatic heterocycles. The van der Waals surface area contributed by atoms with Crippen molar-refractivity contribution in [3.63, 3.8) is 0 Å². The smallest absolute Gasteiger partial charge is 0.276 e. The summed E-state index contributed by atoms with van der Waals surface area (Å²) >= 11 is 0. The van der Waals surface area contributed by atoms with Gasteiger partial charge >= 0.3 is 0 Å². The molecule has 2 aliphatic rings. The average Bonchev–Trinajstić information content (AvgIpc) is 2.99. The summed E-state index contributed by atoms with van der Waals surface area (Å²) in [5.41, 5.74) is 2.55. The number of aromatic nitrogens is 3. The monoisotopic (exact) mass is 398 g/mol. The zero-order valence-corrected chi connectivity index (χ0v) is 17.3. The topological polar surface area (TPSA) is 75.5 Å². The first-order valence-electron chi connectivity index (χ1n) is 10.5. The van der Waals surface area contributed by atoms with Gasteiger partial charge in [0.1, 0.15) is 5.75 Å². The number of methoxy groups -OCH3 is 1. The predicted molar refractivity (Wildman–Crippen MR) is 112 cm³/mol. The molecule has 0 atom stereocenters. The maximum Gasteiger partial charge on any atom is 0.276 e. The zero-order chi connectivity index (χ0) is 20.2. The summed E-state index contributed by atoms with van der Waals surface area (Å²) in [5.74, 6) is 0.854. The van der Waals surface area contributed by atoms with Crippen molar-refractivity contribution in [2.45, 2.75) is 32.2 Å². The van der Waals surface area contributed by atoms with E-state index >= 15 is 0 Å². The number of benzene rings is 1. The highest BCUT2D eigenvalue weighted by Gasteiger charge is 2.27. The van der Waals surface area contributed by atoms with Crippen LogP contribution < -0.4 is 15.0 Å². The Kier molecular flexibility index (Phi) is 5.99. The second-order valence-electron chi connectivity index (χ2n) is 7.78. The standard InChI is InChI=1S/C21H30N6O2/c1-16-20(23-24-27(16)18-8-10-22-11-9-18)21(28)26-13-3-12-25(14-15-26)17-4-6-19(29-2)7-5-17/h4-7,18,22H,3,8-15H2,1-2H3. The van der Waals surface area contributed by atoms with Crippen LogP contribution in [0.5, 0.6) is 5.75 Å². The second-order valence-corrected chi connectivity index (χ2v) is 7.78. The van der Waals surface area contributed by atoms with Crippen LogP contribution >= 0.6 is 0 Å². The lowest BCUT2D eigenvalue weighted by molar-refractivity contribution is 0.0760. The van der Waals surface area contributed by atoms with Crippen molar-refractivity contribution in [1.29, 1.82) is 0 Å². The first-order valence-corrected chi connectivity index (χ1v) is 10.5. The van der Waals surface area contributed by atoms with Crippen LogP contribution in [0, 0.1) is 6.92 Å².